The molecule has 10 heteroatoms. The van der Waals surface area contributed by atoms with Crippen LogP contribution < -0.4 is 0 Å². The molecule has 0 N–H and O–H groups in total. The molecule has 0 aromatic rings. The van der Waals surface area contributed by atoms with E-state index in [4.69, 9.17) is 9.05 Å². The third-order valence-corrected chi connectivity index (χ3v) is 5.05. The van der Waals surface area contributed by atoms with Gasteiger partial charge in [-0.1, -0.05) is 0 Å². The van der Waals surface area contributed by atoms with Crippen LogP contribution in [0.3, 0.4) is 0 Å². The first-order valence-electron chi connectivity index (χ1n) is 5.18. The van der Waals surface area contributed by atoms with Gasteiger partial charge in [0.2, 0.25) is 0 Å². The molecule has 0 amide bonds. The van der Waals surface area contributed by atoms with E-state index in [1.54, 1.807) is 0 Å². The van der Waals surface area contributed by atoms with Gasteiger partial charge < -0.3 is 9.05 Å². The Kier molecular flexibility index (Phi) is 7.84. The van der Waals surface area contributed by atoms with Crippen molar-refractivity contribution in [1.82, 2.24) is 0 Å². The summed E-state index contributed by atoms with van der Waals surface area (Å²) in [5.74, 6) is -3.65. The molecule has 0 aromatic carbocycles. The average molecular weight is 439 g/mol. The zero-order valence-corrected chi connectivity index (χ0v) is 13.9. The number of hydrogen-bond acceptors (Lipinski definition) is 3. The predicted molar refractivity (Wildman–Crippen MR) is 73.3 cm³/mol. The van der Waals surface area contributed by atoms with Crippen LogP contribution >= 0.6 is 41.8 Å². The van der Waals surface area contributed by atoms with Gasteiger partial charge in [0.1, 0.15) is 0 Å². The number of alkyl halides is 5. The highest BCUT2D eigenvalue weighted by Crippen LogP contribution is 2.53. The van der Waals surface area contributed by atoms with Crippen LogP contribution in [0.25, 0.3) is 0 Å². The molecular weight excluding hydrogens is 425 g/mol. The van der Waals surface area contributed by atoms with Gasteiger partial charge in [-0.25, -0.2) is 0 Å². The standard InChI is InChI=1S/C9H13ClF4IO3P/c1-3-17-19(16,18-4-2)6-7(15)5-8(11,12)9(10,13)14/h6H,3-5H2,1-2H3/b7-6-. The molecule has 0 aliphatic heterocycles. The number of allylic oxidation sites excluding steroid dienone is 1. The Morgan fingerprint density at radius 2 is 1.68 bits per heavy atom. The maximum atomic E-state index is 13.0. The van der Waals surface area contributed by atoms with Crippen LogP contribution in [0.4, 0.5) is 17.6 Å². The van der Waals surface area contributed by atoms with E-state index >= 15 is 0 Å². The van der Waals surface area contributed by atoms with Crippen molar-refractivity contribution in [3.05, 3.63) is 9.40 Å². The Balaban J connectivity index is 5.03. The molecule has 114 valence electrons. The molecule has 0 rings (SSSR count). The Labute approximate surface area is 127 Å². The minimum Gasteiger partial charge on any atom is -0.306 e. The molecule has 0 saturated carbocycles. The van der Waals surface area contributed by atoms with E-state index in [2.05, 4.69) is 11.6 Å². The summed E-state index contributed by atoms with van der Waals surface area (Å²) >= 11 is 5.69. The lowest BCUT2D eigenvalue weighted by Gasteiger charge is -2.21. The SMILES string of the molecule is CCOP(=O)(/C=C(\I)CC(F)(F)C(F)(F)Cl)OCC. The molecule has 0 atom stereocenters. The lowest BCUT2D eigenvalue weighted by molar-refractivity contribution is -0.154. The zero-order chi connectivity index (χ0) is 15.3. The quantitative estimate of drug-likeness (QED) is 0.221. The Morgan fingerprint density at radius 1 is 1.26 bits per heavy atom. The molecule has 0 spiro atoms. The highest BCUT2D eigenvalue weighted by Gasteiger charge is 2.55. The molecule has 0 bridgehead atoms. The van der Waals surface area contributed by atoms with E-state index in [-0.39, 0.29) is 16.8 Å². The highest BCUT2D eigenvalue weighted by molar-refractivity contribution is 14.1. The van der Waals surface area contributed by atoms with Gasteiger partial charge in [-0.3, -0.25) is 4.57 Å². The lowest BCUT2D eigenvalue weighted by atomic mass is 10.2. The van der Waals surface area contributed by atoms with Crippen molar-refractivity contribution < 1.29 is 31.2 Å². The van der Waals surface area contributed by atoms with Gasteiger partial charge in [-0.05, 0) is 48.0 Å². The fraction of sp³-hybridized carbons (Fsp3) is 0.778. The highest BCUT2D eigenvalue weighted by atomic mass is 127. The van der Waals surface area contributed by atoms with E-state index in [9.17, 15) is 22.1 Å². The molecule has 0 fully saturated rings. The number of halogens is 6. The predicted octanol–water partition coefficient (Wildman–Crippen LogP) is 5.39. The maximum absolute atomic E-state index is 13.0. The summed E-state index contributed by atoms with van der Waals surface area (Å²) < 4.78 is 72.3. The molecule has 0 aliphatic carbocycles. The molecule has 0 aromatic heterocycles. The van der Waals surface area contributed by atoms with Gasteiger partial charge in [0.25, 0.3) is 0 Å². The van der Waals surface area contributed by atoms with Gasteiger partial charge in [-0.2, -0.15) is 17.6 Å². The molecule has 0 heterocycles. The topological polar surface area (TPSA) is 35.5 Å². The van der Waals surface area contributed by atoms with Crippen molar-refractivity contribution in [1.29, 1.82) is 0 Å². The summed E-state index contributed by atoms with van der Waals surface area (Å²) in [4.78, 5) is 0. The van der Waals surface area contributed by atoms with E-state index in [0.29, 0.717) is 0 Å². The van der Waals surface area contributed by atoms with Crippen LogP contribution in [-0.2, 0) is 13.6 Å². The first-order valence-corrected chi connectivity index (χ1v) is 8.25. The molecule has 0 unspecified atom stereocenters. The molecule has 3 nitrogen and oxygen atoms in total. The van der Waals surface area contributed by atoms with Crippen molar-refractivity contribution in [3.63, 3.8) is 0 Å². The van der Waals surface area contributed by atoms with Crippen LogP contribution in [-0.4, -0.2) is 24.5 Å². The Hall–Kier alpha value is 0.630. The van der Waals surface area contributed by atoms with Crippen LogP contribution in [0.2, 0.25) is 0 Å². The average Bonchev–Trinajstić information content (AvgIpc) is 2.14. The molecule has 0 radical (unpaired) electrons. The fourth-order valence-electron chi connectivity index (χ4n) is 1.00. The summed E-state index contributed by atoms with van der Waals surface area (Å²) in [6.07, 6.45) is -1.35. The third-order valence-electron chi connectivity index (χ3n) is 1.72. The first-order chi connectivity index (χ1) is 8.47. The largest absolute Gasteiger partial charge is 0.384 e. The summed E-state index contributed by atoms with van der Waals surface area (Å²) in [5.41, 5.74) is 0. The monoisotopic (exact) mass is 438 g/mol. The second-order valence-corrected chi connectivity index (χ2v) is 7.04. The van der Waals surface area contributed by atoms with Crippen molar-refractivity contribution in [2.75, 3.05) is 13.2 Å². The van der Waals surface area contributed by atoms with Crippen LogP contribution in [0, 0.1) is 0 Å². The van der Waals surface area contributed by atoms with E-state index in [1.165, 1.54) is 36.4 Å². The first kappa shape index (κ1) is 19.6. The second kappa shape index (κ2) is 7.59. The minimum absolute atomic E-state index is 0.0275. The van der Waals surface area contributed by atoms with Gasteiger partial charge in [0.15, 0.2) is 0 Å². The minimum atomic E-state index is -4.68. The van der Waals surface area contributed by atoms with Crippen molar-refractivity contribution >= 4 is 41.8 Å². The smallest absolute Gasteiger partial charge is 0.306 e. The van der Waals surface area contributed by atoms with Crippen LogP contribution in [0.1, 0.15) is 20.3 Å². The normalized spacial score (nSPS) is 14.8. The summed E-state index contributed by atoms with van der Waals surface area (Å²) in [6.45, 7) is 3.13. The van der Waals surface area contributed by atoms with Crippen LogP contribution in [0.15, 0.2) is 9.40 Å². The third kappa shape index (κ3) is 6.75. The van der Waals surface area contributed by atoms with E-state index in [1.807, 2.05) is 0 Å². The van der Waals surface area contributed by atoms with Gasteiger partial charge >= 0.3 is 18.9 Å². The van der Waals surface area contributed by atoms with E-state index < -0.39 is 25.3 Å². The van der Waals surface area contributed by atoms with Crippen molar-refractivity contribution in [3.8, 4) is 0 Å². The number of hydrogen-bond donors (Lipinski definition) is 0. The summed E-state index contributed by atoms with van der Waals surface area (Å²) in [6, 6.07) is 0. The summed E-state index contributed by atoms with van der Waals surface area (Å²) in [7, 11) is -3.70. The molecule has 0 aliphatic rings. The lowest BCUT2D eigenvalue weighted by Crippen LogP contribution is -2.35. The Bertz CT molecular complexity index is 363. The van der Waals surface area contributed by atoms with Crippen molar-refractivity contribution in [2.24, 2.45) is 0 Å². The second-order valence-electron chi connectivity index (χ2n) is 3.33. The number of rotatable bonds is 8. The summed E-state index contributed by atoms with van der Waals surface area (Å²) in [5, 5.41) is -4.68. The molecule has 19 heavy (non-hydrogen) atoms. The maximum Gasteiger partial charge on any atom is 0.384 e. The Morgan fingerprint density at radius 3 is 2.00 bits per heavy atom. The van der Waals surface area contributed by atoms with Gasteiger partial charge in [0, 0.05) is 9.40 Å². The van der Waals surface area contributed by atoms with Crippen LogP contribution in [0.5, 0.6) is 0 Å². The fourth-order valence-corrected chi connectivity index (χ4v) is 3.95. The van der Waals surface area contributed by atoms with E-state index in [0.717, 1.165) is 5.82 Å². The molecule has 0 saturated heterocycles. The van der Waals surface area contributed by atoms with Gasteiger partial charge in [-0.15, -0.1) is 0 Å². The molecular formula is C9H13ClF4IO3P. The van der Waals surface area contributed by atoms with Crippen molar-refractivity contribution in [2.45, 2.75) is 31.6 Å². The zero-order valence-electron chi connectivity index (χ0n) is 10.1. The van der Waals surface area contributed by atoms with Gasteiger partial charge in [0.05, 0.1) is 19.6 Å².